The van der Waals surface area contributed by atoms with Crippen molar-refractivity contribution in [2.75, 3.05) is 13.7 Å². The molecule has 21 heavy (non-hydrogen) atoms. The maximum absolute atomic E-state index is 13.5. The fourth-order valence-corrected chi connectivity index (χ4v) is 2.57. The maximum Gasteiger partial charge on any atom is 0.133 e. The highest BCUT2D eigenvalue weighted by atomic mass is 79.9. The SMILES string of the molecule is COc1ccc(COc2cc(F)cc(CCN)c2)cc1Br. The van der Waals surface area contributed by atoms with Gasteiger partial charge in [-0.2, -0.15) is 0 Å². The molecule has 0 radical (unpaired) electrons. The van der Waals surface area contributed by atoms with Gasteiger partial charge in [0, 0.05) is 6.07 Å². The Morgan fingerprint density at radius 1 is 1.14 bits per heavy atom. The van der Waals surface area contributed by atoms with Crippen molar-refractivity contribution in [3.05, 3.63) is 57.8 Å². The third-order valence-electron chi connectivity index (χ3n) is 2.99. The molecular formula is C16H17BrFNO2. The minimum Gasteiger partial charge on any atom is -0.496 e. The first-order valence-corrected chi connectivity index (χ1v) is 7.36. The molecule has 0 bridgehead atoms. The van der Waals surface area contributed by atoms with Crippen molar-refractivity contribution in [3.63, 3.8) is 0 Å². The average Bonchev–Trinajstić information content (AvgIpc) is 2.45. The molecule has 3 nitrogen and oxygen atoms in total. The minimum atomic E-state index is -0.313. The lowest BCUT2D eigenvalue weighted by molar-refractivity contribution is 0.304. The molecule has 0 aliphatic heterocycles. The van der Waals surface area contributed by atoms with Crippen molar-refractivity contribution < 1.29 is 13.9 Å². The highest BCUT2D eigenvalue weighted by molar-refractivity contribution is 9.10. The van der Waals surface area contributed by atoms with Crippen LogP contribution in [0.25, 0.3) is 0 Å². The molecule has 2 rings (SSSR count). The number of rotatable bonds is 6. The summed E-state index contributed by atoms with van der Waals surface area (Å²) in [6, 6.07) is 10.3. The van der Waals surface area contributed by atoms with Crippen molar-refractivity contribution in [2.45, 2.75) is 13.0 Å². The summed E-state index contributed by atoms with van der Waals surface area (Å²) >= 11 is 3.42. The molecule has 5 heteroatoms. The zero-order chi connectivity index (χ0) is 15.2. The lowest BCUT2D eigenvalue weighted by Gasteiger charge is -2.10. The molecule has 2 N–H and O–H groups in total. The summed E-state index contributed by atoms with van der Waals surface area (Å²) in [5, 5.41) is 0. The van der Waals surface area contributed by atoms with Crippen LogP contribution in [0.4, 0.5) is 4.39 Å². The molecule has 2 aromatic rings. The second-order valence-electron chi connectivity index (χ2n) is 4.59. The Morgan fingerprint density at radius 3 is 2.62 bits per heavy atom. The van der Waals surface area contributed by atoms with Gasteiger partial charge < -0.3 is 15.2 Å². The highest BCUT2D eigenvalue weighted by Crippen LogP contribution is 2.26. The van der Waals surface area contributed by atoms with Crippen molar-refractivity contribution in [1.29, 1.82) is 0 Å². The number of benzene rings is 2. The Hall–Kier alpha value is -1.59. The first-order chi connectivity index (χ1) is 10.1. The molecule has 0 spiro atoms. The lowest BCUT2D eigenvalue weighted by Crippen LogP contribution is -2.04. The van der Waals surface area contributed by atoms with Crippen LogP contribution in [0.2, 0.25) is 0 Å². The summed E-state index contributed by atoms with van der Waals surface area (Å²) in [4.78, 5) is 0. The molecule has 0 saturated heterocycles. The number of halogens is 2. The van der Waals surface area contributed by atoms with Gasteiger partial charge in [-0.05, 0) is 64.3 Å². The molecule has 0 aromatic heterocycles. The van der Waals surface area contributed by atoms with E-state index in [1.165, 1.54) is 12.1 Å². The zero-order valence-corrected chi connectivity index (χ0v) is 13.3. The Balaban J connectivity index is 2.07. The van der Waals surface area contributed by atoms with Gasteiger partial charge in [0.25, 0.3) is 0 Å². The summed E-state index contributed by atoms with van der Waals surface area (Å²) < 4.78 is 25.2. The fourth-order valence-electron chi connectivity index (χ4n) is 1.98. The third-order valence-corrected chi connectivity index (χ3v) is 3.61. The van der Waals surface area contributed by atoms with Gasteiger partial charge in [0.15, 0.2) is 0 Å². The van der Waals surface area contributed by atoms with Crippen molar-refractivity contribution in [3.8, 4) is 11.5 Å². The molecule has 0 atom stereocenters. The first kappa shape index (κ1) is 15.8. The van der Waals surface area contributed by atoms with Crippen molar-refractivity contribution in [2.24, 2.45) is 5.73 Å². The van der Waals surface area contributed by atoms with Crippen molar-refractivity contribution >= 4 is 15.9 Å². The minimum absolute atomic E-state index is 0.313. The summed E-state index contributed by atoms with van der Waals surface area (Å²) in [5.74, 6) is 0.951. The lowest BCUT2D eigenvalue weighted by atomic mass is 10.1. The molecule has 0 aliphatic rings. The van der Waals surface area contributed by atoms with Crippen LogP contribution in [0.15, 0.2) is 40.9 Å². The molecule has 2 aromatic carbocycles. The van der Waals surface area contributed by atoms with E-state index >= 15 is 0 Å². The second-order valence-corrected chi connectivity index (χ2v) is 5.45. The Bertz CT molecular complexity index is 619. The van der Waals surface area contributed by atoms with Crippen LogP contribution in [0.5, 0.6) is 11.5 Å². The molecule has 0 saturated carbocycles. The van der Waals surface area contributed by atoms with E-state index in [4.69, 9.17) is 15.2 Å². The monoisotopic (exact) mass is 353 g/mol. The zero-order valence-electron chi connectivity index (χ0n) is 11.7. The predicted octanol–water partition coefficient (Wildman–Crippen LogP) is 3.68. The van der Waals surface area contributed by atoms with Gasteiger partial charge in [-0.25, -0.2) is 4.39 Å². The van der Waals surface area contributed by atoms with E-state index in [2.05, 4.69) is 15.9 Å². The average molecular weight is 354 g/mol. The summed E-state index contributed by atoms with van der Waals surface area (Å²) in [6.45, 7) is 0.836. The van der Waals surface area contributed by atoms with E-state index in [1.54, 1.807) is 7.11 Å². The van der Waals surface area contributed by atoms with Gasteiger partial charge in [-0.15, -0.1) is 0 Å². The quantitative estimate of drug-likeness (QED) is 0.861. The van der Waals surface area contributed by atoms with E-state index in [1.807, 2.05) is 24.3 Å². The molecule has 0 amide bonds. The number of hydrogen-bond donors (Lipinski definition) is 1. The van der Waals surface area contributed by atoms with Crippen LogP contribution in [0.3, 0.4) is 0 Å². The number of nitrogens with two attached hydrogens (primary N) is 1. The topological polar surface area (TPSA) is 44.5 Å². The maximum atomic E-state index is 13.5. The van der Waals surface area contributed by atoms with E-state index < -0.39 is 0 Å². The van der Waals surface area contributed by atoms with Gasteiger partial charge in [0.1, 0.15) is 23.9 Å². The first-order valence-electron chi connectivity index (χ1n) is 6.57. The molecule has 0 heterocycles. The Morgan fingerprint density at radius 2 is 1.95 bits per heavy atom. The summed E-state index contributed by atoms with van der Waals surface area (Å²) in [7, 11) is 1.61. The van der Waals surface area contributed by atoms with Crippen LogP contribution in [-0.4, -0.2) is 13.7 Å². The molecule has 0 aliphatic carbocycles. The molecule has 112 valence electrons. The van der Waals surface area contributed by atoms with Crippen LogP contribution in [0, 0.1) is 5.82 Å². The summed E-state index contributed by atoms with van der Waals surface area (Å²) in [5.41, 5.74) is 7.29. The van der Waals surface area contributed by atoms with E-state index in [-0.39, 0.29) is 5.82 Å². The number of ether oxygens (including phenoxy) is 2. The second kappa shape index (κ2) is 7.43. The summed E-state index contributed by atoms with van der Waals surface area (Å²) in [6.07, 6.45) is 0.627. The van der Waals surface area contributed by atoms with Crippen LogP contribution in [-0.2, 0) is 13.0 Å². The smallest absolute Gasteiger partial charge is 0.133 e. The fraction of sp³-hybridized carbons (Fsp3) is 0.250. The third kappa shape index (κ3) is 4.44. The molecular weight excluding hydrogens is 337 g/mol. The van der Waals surface area contributed by atoms with Gasteiger partial charge in [0.2, 0.25) is 0 Å². The van der Waals surface area contributed by atoms with Gasteiger partial charge in [-0.3, -0.25) is 0 Å². The Kier molecular flexibility index (Phi) is 5.59. The largest absolute Gasteiger partial charge is 0.496 e. The van der Waals surface area contributed by atoms with E-state index in [0.717, 1.165) is 21.3 Å². The van der Waals surface area contributed by atoms with Crippen molar-refractivity contribution in [1.82, 2.24) is 0 Å². The number of methoxy groups -OCH3 is 1. The van der Waals surface area contributed by atoms with Gasteiger partial charge in [0.05, 0.1) is 11.6 Å². The highest BCUT2D eigenvalue weighted by Gasteiger charge is 2.05. The van der Waals surface area contributed by atoms with Crippen LogP contribution in [0.1, 0.15) is 11.1 Å². The standard InChI is InChI=1S/C16H17BrFNO2/c1-20-16-3-2-12(8-15(16)17)10-21-14-7-11(4-5-19)6-13(18)9-14/h2-3,6-9H,4-5,10,19H2,1H3. The van der Waals surface area contributed by atoms with E-state index in [9.17, 15) is 4.39 Å². The van der Waals surface area contributed by atoms with E-state index in [0.29, 0.717) is 25.3 Å². The molecule has 0 fully saturated rings. The Labute approximate surface area is 132 Å². The van der Waals surface area contributed by atoms with Crippen LogP contribution < -0.4 is 15.2 Å². The van der Waals surface area contributed by atoms with Crippen LogP contribution >= 0.6 is 15.9 Å². The van der Waals surface area contributed by atoms with Gasteiger partial charge in [-0.1, -0.05) is 6.07 Å². The van der Waals surface area contributed by atoms with Gasteiger partial charge >= 0.3 is 0 Å². The number of hydrogen-bond acceptors (Lipinski definition) is 3. The molecule has 0 unspecified atom stereocenters. The normalized spacial score (nSPS) is 10.5. The predicted molar refractivity (Wildman–Crippen MR) is 84.2 cm³/mol.